The summed E-state index contributed by atoms with van der Waals surface area (Å²) in [6.45, 7) is -0.166. The molecule has 30 heavy (non-hydrogen) atoms. The number of aromatic nitrogens is 4. The number of nitrogen functional groups attached to an aromatic ring is 1. The fraction of sp³-hybridized carbons (Fsp3) is 0.235. The van der Waals surface area contributed by atoms with Crippen LogP contribution in [0.2, 0.25) is 0 Å². The molecule has 13 heteroatoms. The Labute approximate surface area is 164 Å². The molecule has 0 amide bonds. The zero-order chi connectivity index (χ0) is 22.3. The zero-order valence-corrected chi connectivity index (χ0v) is 15.1. The lowest BCUT2D eigenvalue weighted by molar-refractivity contribution is -0.143. The maximum Gasteiger partial charge on any atom is 0.416 e. The van der Waals surface area contributed by atoms with Crippen LogP contribution in [-0.4, -0.2) is 26.9 Å². The smallest absolute Gasteiger partial charge is 0.416 e. The summed E-state index contributed by atoms with van der Waals surface area (Å²) in [5.74, 6) is 0.320. The van der Waals surface area contributed by atoms with Gasteiger partial charge in [0, 0.05) is 0 Å². The second kappa shape index (κ2) is 7.39. The molecule has 0 radical (unpaired) electrons. The first-order valence-electron chi connectivity index (χ1n) is 8.15. The summed E-state index contributed by atoms with van der Waals surface area (Å²) in [7, 11) is 1.38. The van der Waals surface area contributed by atoms with Gasteiger partial charge in [-0.25, -0.2) is 4.79 Å². The molecule has 0 aliphatic heterocycles. The molecular weight excluding hydrogens is 420 g/mol. The summed E-state index contributed by atoms with van der Waals surface area (Å²) in [6, 6.07) is 5.30. The monoisotopic (exact) mass is 433 g/mol. The predicted octanol–water partition coefficient (Wildman–Crippen LogP) is 3.11. The number of hydrogen-bond acceptors (Lipinski definition) is 5. The van der Waals surface area contributed by atoms with Crippen molar-refractivity contribution in [2.45, 2.75) is 18.9 Å². The summed E-state index contributed by atoms with van der Waals surface area (Å²) in [4.78, 5) is 12.5. The van der Waals surface area contributed by atoms with Crippen molar-refractivity contribution in [1.29, 1.82) is 0 Å². The van der Waals surface area contributed by atoms with E-state index in [2.05, 4.69) is 10.4 Å². The standard InChI is InChI=1S/C17H13F6N5O2/c1-30-14-4-9(2-3-13(14)24)8-27-15(29)28(26-25-27)12-6-10(16(18,19)20)5-11(7-12)17(21,22)23/h2-7H,8,24H2,1H3. The van der Waals surface area contributed by atoms with Crippen molar-refractivity contribution in [2.24, 2.45) is 0 Å². The van der Waals surface area contributed by atoms with E-state index in [1.54, 1.807) is 6.07 Å². The molecule has 0 bridgehead atoms. The Morgan fingerprint density at radius 2 is 1.57 bits per heavy atom. The van der Waals surface area contributed by atoms with Crippen LogP contribution in [0, 0.1) is 0 Å². The molecule has 1 heterocycles. The molecule has 0 aliphatic rings. The highest BCUT2D eigenvalue weighted by molar-refractivity contribution is 5.53. The van der Waals surface area contributed by atoms with Gasteiger partial charge in [0.25, 0.3) is 0 Å². The molecule has 0 saturated heterocycles. The first-order chi connectivity index (χ1) is 13.9. The number of halogens is 6. The normalized spacial score (nSPS) is 12.2. The lowest BCUT2D eigenvalue weighted by atomic mass is 10.1. The topological polar surface area (TPSA) is 88.0 Å². The van der Waals surface area contributed by atoms with Crippen LogP contribution in [0.25, 0.3) is 5.69 Å². The molecule has 0 atom stereocenters. The minimum Gasteiger partial charge on any atom is -0.495 e. The van der Waals surface area contributed by atoms with Crippen LogP contribution in [0.3, 0.4) is 0 Å². The zero-order valence-electron chi connectivity index (χ0n) is 15.1. The first-order valence-corrected chi connectivity index (χ1v) is 8.15. The van der Waals surface area contributed by atoms with Crippen LogP contribution in [0.15, 0.2) is 41.2 Å². The molecule has 0 fully saturated rings. The summed E-state index contributed by atoms with van der Waals surface area (Å²) in [6.07, 6.45) is -10.1. The van der Waals surface area contributed by atoms with Crippen LogP contribution in [0.4, 0.5) is 32.0 Å². The molecule has 2 aromatic carbocycles. The van der Waals surface area contributed by atoms with Crippen molar-refractivity contribution in [3.63, 3.8) is 0 Å². The third kappa shape index (κ3) is 4.23. The number of nitrogens with two attached hydrogens (primary N) is 1. The number of hydrogen-bond donors (Lipinski definition) is 1. The molecule has 3 aromatic rings. The van der Waals surface area contributed by atoms with Crippen molar-refractivity contribution in [3.05, 3.63) is 63.6 Å². The molecule has 0 spiro atoms. The van der Waals surface area contributed by atoms with E-state index < -0.39 is 34.9 Å². The third-order valence-electron chi connectivity index (χ3n) is 4.09. The number of nitrogens with zero attached hydrogens (tertiary/aromatic N) is 4. The van der Waals surface area contributed by atoms with Gasteiger partial charge in [-0.15, -0.1) is 0 Å². The highest BCUT2D eigenvalue weighted by Gasteiger charge is 2.37. The average molecular weight is 433 g/mol. The van der Waals surface area contributed by atoms with Crippen LogP contribution in [0.5, 0.6) is 5.75 Å². The van der Waals surface area contributed by atoms with Crippen molar-refractivity contribution in [3.8, 4) is 11.4 Å². The Bertz CT molecular complexity index is 1100. The van der Waals surface area contributed by atoms with E-state index >= 15 is 0 Å². The lowest BCUT2D eigenvalue weighted by Crippen LogP contribution is -2.25. The van der Waals surface area contributed by atoms with E-state index in [-0.39, 0.29) is 12.6 Å². The second-order valence-electron chi connectivity index (χ2n) is 6.17. The third-order valence-corrected chi connectivity index (χ3v) is 4.09. The van der Waals surface area contributed by atoms with Gasteiger partial charge in [-0.1, -0.05) is 6.07 Å². The first kappa shape index (κ1) is 21.2. The van der Waals surface area contributed by atoms with Gasteiger partial charge in [0.15, 0.2) is 0 Å². The van der Waals surface area contributed by atoms with Crippen molar-refractivity contribution >= 4 is 5.69 Å². The van der Waals surface area contributed by atoms with Crippen molar-refractivity contribution in [1.82, 2.24) is 19.8 Å². The van der Waals surface area contributed by atoms with Gasteiger partial charge in [0.2, 0.25) is 0 Å². The van der Waals surface area contributed by atoms with Crippen molar-refractivity contribution in [2.75, 3.05) is 12.8 Å². The van der Waals surface area contributed by atoms with Gasteiger partial charge >= 0.3 is 18.0 Å². The molecule has 160 valence electrons. The maximum atomic E-state index is 13.0. The minimum absolute atomic E-state index is 0.0421. The van der Waals surface area contributed by atoms with E-state index in [1.807, 2.05) is 0 Å². The number of methoxy groups -OCH3 is 1. The van der Waals surface area contributed by atoms with Crippen LogP contribution in [-0.2, 0) is 18.9 Å². The number of rotatable bonds is 4. The Balaban J connectivity index is 2.04. The fourth-order valence-electron chi connectivity index (χ4n) is 2.62. The van der Waals surface area contributed by atoms with E-state index in [1.165, 1.54) is 19.2 Å². The summed E-state index contributed by atoms with van der Waals surface area (Å²) >= 11 is 0. The minimum atomic E-state index is -5.06. The highest BCUT2D eigenvalue weighted by atomic mass is 19.4. The summed E-state index contributed by atoms with van der Waals surface area (Å²) in [5, 5.41) is 6.95. The predicted molar refractivity (Wildman–Crippen MR) is 92.1 cm³/mol. The summed E-state index contributed by atoms with van der Waals surface area (Å²) in [5.41, 5.74) is 1.63. The fourth-order valence-corrected chi connectivity index (χ4v) is 2.62. The Morgan fingerprint density at radius 3 is 2.10 bits per heavy atom. The number of anilines is 1. The van der Waals surface area contributed by atoms with Gasteiger partial charge in [-0.3, -0.25) is 0 Å². The second-order valence-corrected chi connectivity index (χ2v) is 6.17. The van der Waals surface area contributed by atoms with Crippen LogP contribution in [0.1, 0.15) is 16.7 Å². The number of tetrazole rings is 1. The van der Waals surface area contributed by atoms with Crippen molar-refractivity contribution < 1.29 is 31.1 Å². The molecule has 0 saturated carbocycles. The molecule has 0 aliphatic carbocycles. The van der Waals surface area contributed by atoms with E-state index in [9.17, 15) is 31.1 Å². The molecule has 0 unspecified atom stereocenters. The van der Waals surface area contributed by atoms with Gasteiger partial charge in [0.05, 0.1) is 36.2 Å². The summed E-state index contributed by atoms with van der Waals surface area (Å²) < 4.78 is 84.4. The van der Waals surface area contributed by atoms with Gasteiger partial charge in [-0.05, 0) is 46.3 Å². The Morgan fingerprint density at radius 1 is 0.967 bits per heavy atom. The van der Waals surface area contributed by atoms with Gasteiger partial charge < -0.3 is 10.5 Å². The molecule has 7 nitrogen and oxygen atoms in total. The number of benzene rings is 2. The number of ether oxygens (including phenoxy) is 1. The average Bonchev–Trinajstić information content (AvgIpc) is 3.02. The maximum absolute atomic E-state index is 13.0. The Kier molecular flexibility index (Phi) is 5.22. The molecule has 3 rings (SSSR count). The molecular formula is C17H13F6N5O2. The highest BCUT2D eigenvalue weighted by Crippen LogP contribution is 2.36. The van der Waals surface area contributed by atoms with E-state index in [0.29, 0.717) is 33.8 Å². The van der Waals surface area contributed by atoms with Gasteiger partial charge in [-0.2, -0.15) is 35.7 Å². The Hall–Kier alpha value is -3.51. The van der Waals surface area contributed by atoms with Crippen LogP contribution < -0.4 is 16.2 Å². The van der Waals surface area contributed by atoms with E-state index in [4.69, 9.17) is 10.5 Å². The van der Waals surface area contributed by atoms with E-state index in [0.717, 1.165) is 4.68 Å². The quantitative estimate of drug-likeness (QED) is 0.505. The molecule has 2 N–H and O–H groups in total. The molecule has 1 aromatic heterocycles. The van der Waals surface area contributed by atoms with Gasteiger partial charge in [0.1, 0.15) is 5.75 Å². The number of alkyl halides is 6. The van der Waals surface area contributed by atoms with Crippen LogP contribution >= 0.6 is 0 Å². The largest absolute Gasteiger partial charge is 0.495 e. The lowest BCUT2D eigenvalue weighted by Gasteiger charge is -2.13. The SMILES string of the molecule is COc1cc(Cn2nnn(-c3cc(C(F)(F)F)cc(C(F)(F)F)c3)c2=O)ccc1N.